The zero-order valence-corrected chi connectivity index (χ0v) is 5.20. The summed E-state index contributed by atoms with van der Waals surface area (Å²) in [6.07, 6.45) is 0. The van der Waals surface area contributed by atoms with Gasteiger partial charge in [0.05, 0.1) is 5.37 Å². The van der Waals surface area contributed by atoms with E-state index in [0.29, 0.717) is 13.1 Å². The number of carbonyl (C=O) groups is 1. The van der Waals surface area contributed by atoms with Crippen molar-refractivity contribution in [2.24, 2.45) is 5.73 Å². The van der Waals surface area contributed by atoms with E-state index in [0.717, 1.165) is 5.37 Å². The van der Waals surface area contributed by atoms with Gasteiger partial charge in [-0.25, -0.2) is 0 Å². The van der Waals surface area contributed by atoms with Crippen LogP contribution in [0.3, 0.4) is 0 Å². The second kappa shape index (κ2) is 4.67. The Morgan fingerprint density at radius 2 is 2.50 bits per heavy atom. The third-order valence-corrected chi connectivity index (χ3v) is 0.765. The maximum atomic E-state index is 10.2. The molecule has 3 N–H and O–H groups in total. The highest BCUT2D eigenvalue weighted by atomic mass is 32.1. The predicted octanol–water partition coefficient (Wildman–Crippen LogP) is -0.939. The second-order valence-corrected chi connectivity index (χ2v) is 1.43. The van der Waals surface area contributed by atoms with E-state index < -0.39 is 0 Å². The Hall–Kier alpha value is -0.480. The molecule has 8 heavy (non-hydrogen) atoms. The lowest BCUT2D eigenvalue weighted by molar-refractivity contribution is -0.114. The van der Waals surface area contributed by atoms with Crippen LogP contribution in [0.1, 0.15) is 0 Å². The summed E-state index contributed by atoms with van der Waals surface area (Å²) < 4.78 is 0. The van der Waals surface area contributed by atoms with Gasteiger partial charge in [-0.2, -0.15) is 0 Å². The van der Waals surface area contributed by atoms with Crippen LogP contribution in [-0.4, -0.2) is 24.4 Å². The monoisotopic (exact) mass is 132 g/mol. The summed E-state index contributed by atoms with van der Waals surface area (Å²) >= 11 is 4.31. The smallest absolute Gasteiger partial charge is 0.254 e. The predicted molar refractivity (Wildman–Crippen MR) is 35.7 cm³/mol. The standard InChI is InChI=1S/C4H8N2OS/c5-1-2-6-4(7)3-8/h3H,1-2,5H2,(H,6,7). The molecule has 0 aromatic heterocycles. The number of nitrogens with two attached hydrogens (primary N) is 1. The minimum absolute atomic E-state index is 0.245. The number of amides is 1. The Bertz CT molecular complexity index is 94.0. The van der Waals surface area contributed by atoms with E-state index in [2.05, 4.69) is 17.5 Å². The molecule has 0 radical (unpaired) electrons. The third kappa shape index (κ3) is 3.70. The molecule has 0 atom stereocenters. The molecule has 0 aromatic carbocycles. The maximum Gasteiger partial charge on any atom is 0.254 e. The molecule has 0 aliphatic rings. The number of hydrogen-bond acceptors (Lipinski definition) is 3. The van der Waals surface area contributed by atoms with Crippen LogP contribution in [-0.2, 0) is 4.79 Å². The molecular weight excluding hydrogens is 124 g/mol. The van der Waals surface area contributed by atoms with Gasteiger partial charge in [-0.3, -0.25) is 4.79 Å². The molecule has 0 heterocycles. The summed E-state index contributed by atoms with van der Waals surface area (Å²) in [5.41, 5.74) is 5.07. The molecule has 0 unspecified atom stereocenters. The summed E-state index contributed by atoms with van der Waals surface area (Å²) in [4.78, 5) is 10.2. The first-order valence-electron chi connectivity index (χ1n) is 2.24. The van der Waals surface area contributed by atoms with E-state index in [9.17, 15) is 4.79 Å². The summed E-state index contributed by atoms with van der Waals surface area (Å²) in [6, 6.07) is 0. The minimum atomic E-state index is -0.245. The zero-order chi connectivity index (χ0) is 6.41. The molecule has 4 heteroatoms. The van der Waals surface area contributed by atoms with Gasteiger partial charge in [0.1, 0.15) is 0 Å². The molecule has 46 valence electrons. The van der Waals surface area contributed by atoms with E-state index in [1.807, 2.05) is 0 Å². The van der Waals surface area contributed by atoms with Crippen molar-refractivity contribution in [1.29, 1.82) is 0 Å². The lowest BCUT2D eigenvalue weighted by Gasteiger charge is -1.94. The van der Waals surface area contributed by atoms with Gasteiger partial charge >= 0.3 is 0 Å². The molecule has 0 spiro atoms. The maximum absolute atomic E-state index is 10.2. The number of hydrogen-bond donors (Lipinski definition) is 2. The zero-order valence-electron chi connectivity index (χ0n) is 4.39. The van der Waals surface area contributed by atoms with Crippen LogP contribution < -0.4 is 11.1 Å². The Labute approximate surface area is 53.2 Å². The van der Waals surface area contributed by atoms with Crippen molar-refractivity contribution in [3.05, 3.63) is 0 Å². The normalized spacial score (nSPS) is 8.12. The van der Waals surface area contributed by atoms with Crippen molar-refractivity contribution in [3.63, 3.8) is 0 Å². The van der Waals surface area contributed by atoms with Crippen LogP contribution >= 0.6 is 12.2 Å². The fourth-order valence-corrected chi connectivity index (χ4v) is 0.320. The molecule has 0 fully saturated rings. The van der Waals surface area contributed by atoms with Gasteiger partial charge in [0.15, 0.2) is 0 Å². The fourth-order valence-electron chi connectivity index (χ4n) is 0.237. The van der Waals surface area contributed by atoms with Gasteiger partial charge in [-0.15, -0.1) is 0 Å². The van der Waals surface area contributed by atoms with Crippen LogP contribution in [0.5, 0.6) is 0 Å². The van der Waals surface area contributed by atoms with Crippen LogP contribution in [0.25, 0.3) is 0 Å². The SMILES string of the molecule is NCCNC(=O)C=S. The van der Waals surface area contributed by atoms with Gasteiger partial charge in [0, 0.05) is 13.1 Å². The Kier molecular flexibility index (Phi) is 4.39. The lowest BCUT2D eigenvalue weighted by Crippen LogP contribution is -2.29. The highest BCUT2D eigenvalue weighted by molar-refractivity contribution is 7.80. The van der Waals surface area contributed by atoms with Crippen LogP contribution in [0, 0.1) is 0 Å². The molecular formula is C4H8N2OS. The first-order valence-corrected chi connectivity index (χ1v) is 2.71. The first-order chi connectivity index (χ1) is 3.81. The van der Waals surface area contributed by atoms with Gasteiger partial charge in [-0.1, -0.05) is 12.2 Å². The number of carbonyl (C=O) groups excluding carboxylic acids is 1. The Morgan fingerprint density at radius 3 is 2.88 bits per heavy atom. The highest BCUT2D eigenvalue weighted by Gasteiger charge is 1.88. The van der Waals surface area contributed by atoms with Gasteiger partial charge in [0.25, 0.3) is 5.91 Å². The van der Waals surface area contributed by atoms with E-state index in [1.165, 1.54) is 0 Å². The number of nitrogens with one attached hydrogen (secondary N) is 1. The summed E-state index contributed by atoms with van der Waals surface area (Å²) in [5, 5.41) is 3.51. The number of thiocarbonyl (C=S) groups is 1. The minimum Gasteiger partial charge on any atom is -0.351 e. The van der Waals surface area contributed by atoms with Gasteiger partial charge in [0.2, 0.25) is 0 Å². The molecule has 0 rings (SSSR count). The van der Waals surface area contributed by atoms with E-state index in [1.54, 1.807) is 0 Å². The van der Waals surface area contributed by atoms with Gasteiger partial charge < -0.3 is 11.1 Å². The molecule has 0 aromatic rings. The van der Waals surface area contributed by atoms with Crippen LogP contribution in [0.2, 0.25) is 0 Å². The quantitative estimate of drug-likeness (QED) is 0.487. The molecule has 0 saturated carbocycles. The highest BCUT2D eigenvalue weighted by Crippen LogP contribution is 1.56. The van der Waals surface area contributed by atoms with Crippen molar-refractivity contribution in [3.8, 4) is 0 Å². The number of rotatable bonds is 3. The molecule has 0 aliphatic heterocycles. The third-order valence-electron chi connectivity index (χ3n) is 0.551. The Morgan fingerprint density at radius 1 is 1.88 bits per heavy atom. The van der Waals surface area contributed by atoms with Crippen LogP contribution in [0.4, 0.5) is 0 Å². The second-order valence-electron chi connectivity index (χ2n) is 1.20. The topological polar surface area (TPSA) is 55.1 Å². The van der Waals surface area contributed by atoms with E-state index in [-0.39, 0.29) is 5.91 Å². The molecule has 3 nitrogen and oxygen atoms in total. The largest absolute Gasteiger partial charge is 0.351 e. The average Bonchev–Trinajstić information content (AvgIpc) is 1.83. The average molecular weight is 132 g/mol. The van der Waals surface area contributed by atoms with Crippen LogP contribution in [0.15, 0.2) is 0 Å². The van der Waals surface area contributed by atoms with Crippen molar-refractivity contribution in [2.75, 3.05) is 13.1 Å². The molecule has 0 saturated heterocycles. The molecule has 0 bridgehead atoms. The summed E-state index contributed by atoms with van der Waals surface area (Å²) in [5.74, 6) is -0.245. The van der Waals surface area contributed by atoms with Crippen molar-refractivity contribution in [1.82, 2.24) is 5.32 Å². The summed E-state index contributed by atoms with van der Waals surface area (Å²) in [7, 11) is 0. The fraction of sp³-hybridized carbons (Fsp3) is 0.500. The van der Waals surface area contributed by atoms with Crippen molar-refractivity contribution < 1.29 is 4.79 Å². The van der Waals surface area contributed by atoms with Crippen molar-refractivity contribution >= 4 is 23.5 Å². The molecule has 0 aliphatic carbocycles. The first kappa shape index (κ1) is 7.52. The Balaban J connectivity index is 3.11. The molecule has 1 amide bonds. The van der Waals surface area contributed by atoms with Crippen molar-refractivity contribution in [2.45, 2.75) is 0 Å². The lowest BCUT2D eigenvalue weighted by atomic mass is 10.6. The van der Waals surface area contributed by atoms with E-state index in [4.69, 9.17) is 5.73 Å². The van der Waals surface area contributed by atoms with Gasteiger partial charge in [-0.05, 0) is 0 Å². The van der Waals surface area contributed by atoms with E-state index >= 15 is 0 Å². The summed E-state index contributed by atoms with van der Waals surface area (Å²) in [6.45, 7) is 0.945.